The first-order valence-corrected chi connectivity index (χ1v) is 14.8. The zero-order valence-corrected chi connectivity index (χ0v) is 24.7. The summed E-state index contributed by atoms with van der Waals surface area (Å²) in [5.41, 5.74) is 4.51. The minimum Gasteiger partial charge on any atom is -0.504 e. The van der Waals surface area contributed by atoms with Crippen molar-refractivity contribution in [2.24, 2.45) is 0 Å². The summed E-state index contributed by atoms with van der Waals surface area (Å²) in [4.78, 5) is 22.0. The molecule has 0 aromatic heterocycles. The minimum atomic E-state index is -0.872. The van der Waals surface area contributed by atoms with E-state index in [-0.39, 0.29) is 30.9 Å². The van der Waals surface area contributed by atoms with E-state index < -0.39 is 11.9 Å². The highest BCUT2D eigenvalue weighted by molar-refractivity contribution is 5.69. The van der Waals surface area contributed by atoms with E-state index in [0.29, 0.717) is 44.2 Å². The number of phenols is 2. The van der Waals surface area contributed by atoms with Gasteiger partial charge in [0.15, 0.2) is 11.5 Å². The number of rotatable bonds is 20. The van der Waals surface area contributed by atoms with E-state index in [0.717, 1.165) is 59.9 Å². The predicted octanol–water partition coefficient (Wildman–Crippen LogP) is 6.74. The second-order valence-corrected chi connectivity index (χ2v) is 10.4. The molecule has 9 heteroatoms. The van der Waals surface area contributed by atoms with Crippen molar-refractivity contribution < 1.29 is 44.2 Å². The van der Waals surface area contributed by atoms with Crippen molar-refractivity contribution in [3.63, 3.8) is 0 Å². The molecule has 9 nitrogen and oxygen atoms in total. The Labute approximate surface area is 252 Å². The van der Waals surface area contributed by atoms with Crippen molar-refractivity contribution in [3.05, 3.63) is 71.3 Å². The van der Waals surface area contributed by atoms with Crippen molar-refractivity contribution in [2.45, 2.75) is 71.3 Å². The van der Waals surface area contributed by atoms with Crippen LogP contribution in [0.1, 0.15) is 68.6 Å². The predicted molar refractivity (Wildman–Crippen MR) is 163 cm³/mol. The zero-order chi connectivity index (χ0) is 31.0. The Morgan fingerprint density at radius 3 is 2.23 bits per heavy atom. The summed E-state index contributed by atoms with van der Waals surface area (Å²) in [6.07, 6.45) is 5.31. The monoisotopic (exact) mass is 594 g/mol. The third-order valence-electron chi connectivity index (χ3n) is 6.97. The molecule has 3 aromatic rings. The lowest BCUT2D eigenvalue weighted by Gasteiger charge is -2.15. The summed E-state index contributed by atoms with van der Waals surface area (Å²) in [6, 6.07) is 16.3. The number of hydrogen-bond donors (Lipinski definition) is 4. The fourth-order valence-electron chi connectivity index (χ4n) is 4.78. The standard InChI is InChI=1S/C34H42O9/c1-2-41-23-24-19-27(26-13-15-30(35)31(36)22-26)21-28(20-24)42-17-6-4-3-5-9-25-10-7-11-32(29(25)14-16-34(39)40)43-18-8-12-33(37)38/h7,10-11,13,15,19-22,35-36H,2-6,8-9,12,14,16-18,23H2,1H3,(H,37,38)(H,39,40). The number of ether oxygens (including phenoxy) is 3. The maximum atomic E-state index is 11.2. The molecule has 4 N–H and O–H groups in total. The lowest BCUT2D eigenvalue weighted by molar-refractivity contribution is -0.138. The van der Waals surface area contributed by atoms with Gasteiger partial charge in [-0.3, -0.25) is 9.59 Å². The number of aliphatic carboxylic acids is 2. The van der Waals surface area contributed by atoms with Crippen molar-refractivity contribution >= 4 is 11.9 Å². The molecule has 3 rings (SSSR count). The number of carbonyl (C=O) groups is 2. The van der Waals surface area contributed by atoms with Crippen LogP contribution < -0.4 is 9.47 Å². The molecule has 0 aliphatic carbocycles. The summed E-state index contributed by atoms with van der Waals surface area (Å²) in [6.45, 7) is 3.77. The Bertz CT molecular complexity index is 1340. The Morgan fingerprint density at radius 2 is 1.49 bits per heavy atom. The van der Waals surface area contributed by atoms with Crippen molar-refractivity contribution in [1.82, 2.24) is 0 Å². The third kappa shape index (κ3) is 11.5. The van der Waals surface area contributed by atoms with E-state index in [1.807, 2.05) is 43.3 Å². The Balaban J connectivity index is 1.52. The second-order valence-electron chi connectivity index (χ2n) is 10.4. The molecule has 0 aliphatic rings. The summed E-state index contributed by atoms with van der Waals surface area (Å²) >= 11 is 0. The van der Waals surface area contributed by atoms with Crippen LogP contribution >= 0.6 is 0 Å². The molecule has 0 unspecified atom stereocenters. The first-order chi connectivity index (χ1) is 20.8. The number of carboxylic acid groups (broad SMARTS) is 2. The fraction of sp³-hybridized carbons (Fsp3) is 0.412. The van der Waals surface area contributed by atoms with Gasteiger partial charge in [0.1, 0.15) is 11.5 Å². The third-order valence-corrected chi connectivity index (χ3v) is 6.97. The van der Waals surface area contributed by atoms with Gasteiger partial charge in [0.05, 0.1) is 19.8 Å². The fourth-order valence-corrected chi connectivity index (χ4v) is 4.78. The number of carboxylic acids is 2. The highest BCUT2D eigenvalue weighted by Crippen LogP contribution is 2.33. The van der Waals surface area contributed by atoms with Crippen molar-refractivity contribution in [2.75, 3.05) is 19.8 Å². The van der Waals surface area contributed by atoms with E-state index in [4.69, 9.17) is 19.3 Å². The van der Waals surface area contributed by atoms with E-state index in [1.165, 1.54) is 12.1 Å². The number of phenolic OH excluding ortho intramolecular Hbond substituents is 2. The molecule has 0 radical (unpaired) electrons. The van der Waals surface area contributed by atoms with Gasteiger partial charge >= 0.3 is 11.9 Å². The largest absolute Gasteiger partial charge is 0.504 e. The molecule has 232 valence electrons. The molecule has 0 saturated heterocycles. The quantitative estimate of drug-likeness (QED) is 0.0825. The molecule has 0 heterocycles. The van der Waals surface area contributed by atoms with Gasteiger partial charge in [0.2, 0.25) is 0 Å². The van der Waals surface area contributed by atoms with Gasteiger partial charge in [-0.25, -0.2) is 0 Å². The van der Waals surface area contributed by atoms with E-state index in [1.54, 1.807) is 6.07 Å². The first-order valence-electron chi connectivity index (χ1n) is 14.8. The van der Waals surface area contributed by atoms with Gasteiger partial charge in [-0.1, -0.05) is 31.0 Å². The van der Waals surface area contributed by atoms with Gasteiger partial charge in [-0.05, 0) is 103 Å². The van der Waals surface area contributed by atoms with Gasteiger partial charge < -0.3 is 34.6 Å². The Morgan fingerprint density at radius 1 is 0.721 bits per heavy atom. The first kappa shape index (κ1) is 33.3. The number of benzene rings is 3. The van der Waals surface area contributed by atoms with E-state index in [9.17, 15) is 24.9 Å². The molecule has 0 spiro atoms. The van der Waals surface area contributed by atoms with Crippen LogP contribution in [0.2, 0.25) is 0 Å². The van der Waals surface area contributed by atoms with Crippen LogP contribution in [0.25, 0.3) is 11.1 Å². The Kier molecular flexibility index (Phi) is 13.7. The van der Waals surface area contributed by atoms with Crippen LogP contribution in [0.5, 0.6) is 23.0 Å². The maximum absolute atomic E-state index is 11.2. The molecular formula is C34H42O9. The van der Waals surface area contributed by atoms with Crippen molar-refractivity contribution in [1.29, 1.82) is 0 Å². The second kappa shape index (κ2) is 17.7. The molecule has 3 aromatic carbocycles. The summed E-state index contributed by atoms with van der Waals surface area (Å²) < 4.78 is 17.5. The summed E-state index contributed by atoms with van der Waals surface area (Å²) in [5.74, 6) is -0.753. The van der Waals surface area contributed by atoms with Crippen LogP contribution in [0.3, 0.4) is 0 Å². The molecular weight excluding hydrogens is 552 g/mol. The topological polar surface area (TPSA) is 143 Å². The number of unbranched alkanes of at least 4 members (excludes halogenated alkanes) is 3. The lowest BCUT2D eigenvalue weighted by atomic mass is 9.97. The lowest BCUT2D eigenvalue weighted by Crippen LogP contribution is -2.07. The molecule has 0 saturated carbocycles. The maximum Gasteiger partial charge on any atom is 0.303 e. The highest BCUT2D eigenvalue weighted by atomic mass is 16.5. The molecule has 0 aliphatic heterocycles. The number of aryl methyl sites for hydroxylation is 1. The normalized spacial score (nSPS) is 10.9. The van der Waals surface area contributed by atoms with Gasteiger partial charge in [0, 0.05) is 19.4 Å². The zero-order valence-electron chi connectivity index (χ0n) is 24.7. The molecule has 0 bridgehead atoms. The average Bonchev–Trinajstić information content (AvgIpc) is 2.98. The minimum absolute atomic E-state index is 0.00122. The summed E-state index contributed by atoms with van der Waals surface area (Å²) in [5, 5.41) is 37.7. The average molecular weight is 595 g/mol. The molecule has 0 atom stereocenters. The van der Waals surface area contributed by atoms with Gasteiger partial charge in [-0.2, -0.15) is 0 Å². The Hall–Kier alpha value is -4.24. The molecule has 0 amide bonds. The summed E-state index contributed by atoms with van der Waals surface area (Å²) in [7, 11) is 0. The van der Waals surface area contributed by atoms with E-state index in [2.05, 4.69) is 0 Å². The van der Waals surface area contributed by atoms with E-state index >= 15 is 0 Å². The van der Waals surface area contributed by atoms with Gasteiger partial charge in [0.25, 0.3) is 0 Å². The van der Waals surface area contributed by atoms with Gasteiger partial charge in [-0.15, -0.1) is 0 Å². The van der Waals surface area contributed by atoms with Crippen LogP contribution in [-0.2, 0) is 33.8 Å². The SMILES string of the molecule is CCOCc1cc(OCCCCCCc2cccc(OCCCC(=O)O)c2CCC(=O)O)cc(-c2ccc(O)c(O)c2)c1. The van der Waals surface area contributed by atoms with Crippen molar-refractivity contribution in [3.8, 4) is 34.1 Å². The van der Waals surface area contributed by atoms with Crippen LogP contribution in [-0.4, -0.2) is 52.2 Å². The number of hydrogen-bond acceptors (Lipinski definition) is 7. The smallest absolute Gasteiger partial charge is 0.303 e. The highest BCUT2D eigenvalue weighted by Gasteiger charge is 2.12. The molecule has 43 heavy (non-hydrogen) atoms. The molecule has 0 fully saturated rings. The van der Waals surface area contributed by atoms with Crippen LogP contribution in [0, 0.1) is 0 Å². The van der Waals surface area contributed by atoms with Crippen LogP contribution in [0.15, 0.2) is 54.6 Å². The van der Waals surface area contributed by atoms with Crippen LogP contribution in [0.4, 0.5) is 0 Å². The number of aromatic hydroxyl groups is 2.